The molecule has 0 N–H and O–H groups in total. The van der Waals surface area contributed by atoms with Crippen LogP contribution in [0.15, 0.2) is 61.2 Å². The van der Waals surface area contributed by atoms with Gasteiger partial charge in [-0.3, -0.25) is 4.90 Å². The third kappa shape index (κ3) is 2.54. The molecule has 0 bridgehead atoms. The summed E-state index contributed by atoms with van der Waals surface area (Å²) in [7, 11) is 0. The highest BCUT2D eigenvalue weighted by Gasteiger charge is 2.16. The second kappa shape index (κ2) is 5.29. The van der Waals surface area contributed by atoms with Crippen LogP contribution in [-0.4, -0.2) is 11.4 Å². The lowest BCUT2D eigenvalue weighted by molar-refractivity contribution is 0.270. The minimum absolute atomic E-state index is 0.878. The summed E-state index contributed by atoms with van der Waals surface area (Å²) in [6.07, 6.45) is 1.95. The van der Waals surface area contributed by atoms with E-state index in [9.17, 15) is 0 Å². The molecule has 0 spiro atoms. The van der Waals surface area contributed by atoms with Crippen LogP contribution in [0.5, 0.6) is 11.5 Å². The lowest BCUT2D eigenvalue weighted by Gasteiger charge is -2.26. The molecule has 0 radical (unpaired) electrons. The number of fused-ring (bicyclic) bond motifs is 2. The number of hydrogen-bond donors (Lipinski definition) is 0. The third-order valence-corrected chi connectivity index (χ3v) is 3.34. The van der Waals surface area contributed by atoms with Crippen molar-refractivity contribution in [3.8, 4) is 11.5 Å². The quantitative estimate of drug-likeness (QED) is 0.748. The second-order valence-electron chi connectivity index (χ2n) is 4.78. The van der Waals surface area contributed by atoms with Gasteiger partial charge in [-0.1, -0.05) is 42.5 Å². The van der Waals surface area contributed by atoms with Gasteiger partial charge in [0.1, 0.15) is 11.5 Å². The van der Waals surface area contributed by atoms with Gasteiger partial charge in [0.2, 0.25) is 0 Å². The van der Waals surface area contributed by atoms with Crippen molar-refractivity contribution in [2.45, 2.75) is 13.1 Å². The molecule has 19 heavy (non-hydrogen) atoms. The highest BCUT2D eigenvalue weighted by molar-refractivity contribution is 5.42. The van der Waals surface area contributed by atoms with Crippen molar-refractivity contribution in [3.05, 3.63) is 72.3 Å². The van der Waals surface area contributed by atoms with Crippen LogP contribution in [0.3, 0.4) is 0 Å². The van der Waals surface area contributed by atoms with Gasteiger partial charge in [0.15, 0.2) is 0 Å². The molecule has 2 aromatic carbocycles. The summed E-state index contributed by atoms with van der Waals surface area (Å²) in [5, 5.41) is 0. The van der Waals surface area contributed by atoms with E-state index in [0.29, 0.717) is 0 Å². The Kier molecular flexibility index (Phi) is 3.34. The molecule has 96 valence electrons. The van der Waals surface area contributed by atoms with Gasteiger partial charge in [0, 0.05) is 30.8 Å². The van der Waals surface area contributed by atoms with Crippen molar-refractivity contribution in [2.24, 2.45) is 0 Å². The van der Waals surface area contributed by atoms with Crippen LogP contribution >= 0.6 is 0 Å². The maximum atomic E-state index is 6.06. The summed E-state index contributed by atoms with van der Waals surface area (Å²) in [4.78, 5) is 2.37. The molecular weight excluding hydrogens is 234 g/mol. The summed E-state index contributed by atoms with van der Waals surface area (Å²) in [5.41, 5.74) is 2.44. The van der Waals surface area contributed by atoms with Crippen LogP contribution in [0.25, 0.3) is 0 Å². The number of rotatable bonds is 2. The molecule has 1 aliphatic heterocycles. The summed E-state index contributed by atoms with van der Waals surface area (Å²) >= 11 is 0. The summed E-state index contributed by atoms with van der Waals surface area (Å²) in [5.74, 6) is 1.90. The molecular formula is C17H17NO. The van der Waals surface area contributed by atoms with Crippen LogP contribution in [0.1, 0.15) is 11.1 Å². The Balaban J connectivity index is 2.05. The van der Waals surface area contributed by atoms with Gasteiger partial charge in [0.25, 0.3) is 0 Å². The zero-order valence-corrected chi connectivity index (χ0v) is 10.9. The molecule has 2 heteroatoms. The average molecular weight is 251 g/mol. The van der Waals surface area contributed by atoms with Gasteiger partial charge < -0.3 is 4.74 Å². The molecule has 0 amide bonds. The van der Waals surface area contributed by atoms with Crippen LogP contribution in [0.2, 0.25) is 0 Å². The zero-order valence-electron chi connectivity index (χ0n) is 10.9. The van der Waals surface area contributed by atoms with Crippen molar-refractivity contribution >= 4 is 0 Å². The van der Waals surface area contributed by atoms with Crippen molar-refractivity contribution in [3.63, 3.8) is 0 Å². The largest absolute Gasteiger partial charge is 0.457 e. The number of benzene rings is 2. The first-order valence-electron chi connectivity index (χ1n) is 6.54. The fraction of sp³-hybridized carbons (Fsp3) is 0.176. The molecule has 0 saturated heterocycles. The van der Waals surface area contributed by atoms with Crippen molar-refractivity contribution < 1.29 is 4.74 Å². The Hall–Kier alpha value is -2.06. The maximum Gasteiger partial charge on any atom is 0.131 e. The minimum atomic E-state index is 0.878. The van der Waals surface area contributed by atoms with E-state index in [4.69, 9.17) is 4.74 Å². The summed E-state index contributed by atoms with van der Waals surface area (Å²) in [6.45, 7) is 6.50. The summed E-state index contributed by atoms with van der Waals surface area (Å²) in [6, 6.07) is 16.5. The van der Waals surface area contributed by atoms with Crippen LogP contribution in [0, 0.1) is 0 Å². The lowest BCUT2D eigenvalue weighted by Crippen LogP contribution is -2.24. The molecule has 1 heterocycles. The number of nitrogens with zero attached hydrogens (tertiary/aromatic N) is 1. The first-order valence-corrected chi connectivity index (χ1v) is 6.54. The van der Waals surface area contributed by atoms with Gasteiger partial charge in [0.05, 0.1) is 0 Å². The average Bonchev–Trinajstić information content (AvgIpc) is 2.41. The van der Waals surface area contributed by atoms with E-state index in [-0.39, 0.29) is 0 Å². The number of hydrogen-bond acceptors (Lipinski definition) is 2. The Morgan fingerprint density at radius 1 is 0.947 bits per heavy atom. The van der Waals surface area contributed by atoms with Crippen molar-refractivity contribution in [1.82, 2.24) is 4.90 Å². The second-order valence-corrected chi connectivity index (χ2v) is 4.78. The Morgan fingerprint density at radius 3 is 2.00 bits per heavy atom. The Labute approximate surface area is 113 Å². The van der Waals surface area contributed by atoms with Crippen LogP contribution < -0.4 is 4.74 Å². The molecule has 1 aliphatic rings. The Morgan fingerprint density at radius 2 is 1.47 bits per heavy atom. The van der Waals surface area contributed by atoms with Gasteiger partial charge in [-0.25, -0.2) is 0 Å². The molecule has 0 aliphatic carbocycles. The van der Waals surface area contributed by atoms with Crippen molar-refractivity contribution in [2.75, 3.05) is 6.54 Å². The molecule has 2 nitrogen and oxygen atoms in total. The first kappa shape index (κ1) is 12.0. The molecule has 3 rings (SSSR count). The fourth-order valence-corrected chi connectivity index (χ4v) is 2.44. The monoisotopic (exact) mass is 251 g/mol. The topological polar surface area (TPSA) is 12.5 Å². The van der Waals surface area contributed by atoms with E-state index in [1.807, 2.05) is 30.3 Å². The summed E-state index contributed by atoms with van der Waals surface area (Å²) < 4.78 is 6.06. The molecule has 0 atom stereocenters. The predicted molar refractivity (Wildman–Crippen MR) is 77.3 cm³/mol. The van der Waals surface area contributed by atoms with Gasteiger partial charge in [-0.05, 0) is 12.1 Å². The predicted octanol–water partition coefficient (Wildman–Crippen LogP) is 3.98. The molecule has 0 saturated carbocycles. The molecule has 2 aromatic rings. The van der Waals surface area contributed by atoms with Gasteiger partial charge in [-0.15, -0.1) is 6.58 Å². The Bertz CT molecular complexity index is 544. The first-order chi connectivity index (χ1) is 9.36. The number of ether oxygens (including phenoxy) is 1. The highest BCUT2D eigenvalue weighted by atomic mass is 16.5. The SMILES string of the molecule is C=CCN1Cc2ccccc2Oc2ccccc2C1. The van der Waals surface area contributed by atoms with E-state index < -0.39 is 0 Å². The molecule has 0 fully saturated rings. The maximum absolute atomic E-state index is 6.06. The zero-order chi connectivity index (χ0) is 13.1. The van der Waals surface area contributed by atoms with Crippen molar-refractivity contribution in [1.29, 1.82) is 0 Å². The lowest BCUT2D eigenvalue weighted by atomic mass is 10.1. The van der Waals surface area contributed by atoms with Crippen LogP contribution in [-0.2, 0) is 13.1 Å². The van der Waals surface area contributed by atoms with E-state index in [1.54, 1.807) is 0 Å². The van der Waals surface area contributed by atoms with E-state index in [1.165, 1.54) is 11.1 Å². The standard InChI is InChI=1S/C17H17NO/c1-2-11-18-12-14-7-3-5-9-16(14)19-17-10-6-4-8-15(17)13-18/h2-10H,1,11-13H2. The smallest absolute Gasteiger partial charge is 0.131 e. The fourth-order valence-electron chi connectivity index (χ4n) is 2.44. The van der Waals surface area contributed by atoms with Gasteiger partial charge >= 0.3 is 0 Å². The molecule has 0 unspecified atom stereocenters. The van der Waals surface area contributed by atoms with E-state index in [0.717, 1.165) is 31.1 Å². The highest BCUT2D eigenvalue weighted by Crippen LogP contribution is 2.32. The normalized spacial score (nSPS) is 14.5. The van der Waals surface area contributed by atoms with Crippen LogP contribution in [0.4, 0.5) is 0 Å². The third-order valence-electron chi connectivity index (χ3n) is 3.34. The minimum Gasteiger partial charge on any atom is -0.457 e. The number of para-hydroxylation sites is 2. The van der Waals surface area contributed by atoms with Gasteiger partial charge in [-0.2, -0.15) is 0 Å². The molecule has 0 aromatic heterocycles. The van der Waals surface area contributed by atoms with E-state index >= 15 is 0 Å². The van der Waals surface area contributed by atoms with E-state index in [2.05, 4.69) is 35.7 Å².